The molecular weight excluding hydrogens is 460 g/mol. The SMILES string of the molecule is CCOc1cccc2sc(N(CC3CCCO3)C(=O)c3ccc(S(=O)(=O)C(C)C)cc3)nc12. The Morgan fingerprint density at radius 3 is 2.64 bits per heavy atom. The lowest BCUT2D eigenvalue weighted by Gasteiger charge is -2.23. The van der Waals surface area contributed by atoms with Crippen molar-refractivity contribution in [2.75, 3.05) is 24.7 Å². The number of aromatic nitrogens is 1. The Labute approximate surface area is 198 Å². The summed E-state index contributed by atoms with van der Waals surface area (Å²) in [5.74, 6) is 0.446. The zero-order valence-corrected chi connectivity index (χ0v) is 20.6. The number of amides is 1. The number of hydrogen-bond donors (Lipinski definition) is 0. The van der Waals surface area contributed by atoms with Crippen LogP contribution in [0.4, 0.5) is 5.13 Å². The van der Waals surface area contributed by atoms with Crippen molar-refractivity contribution in [1.29, 1.82) is 0 Å². The van der Waals surface area contributed by atoms with E-state index >= 15 is 0 Å². The number of carbonyl (C=O) groups excluding carboxylic acids is 1. The normalized spacial score (nSPS) is 16.4. The molecule has 1 aromatic heterocycles. The number of para-hydroxylation sites is 1. The highest BCUT2D eigenvalue weighted by Crippen LogP contribution is 2.35. The minimum Gasteiger partial charge on any atom is -0.492 e. The van der Waals surface area contributed by atoms with Gasteiger partial charge < -0.3 is 9.47 Å². The van der Waals surface area contributed by atoms with E-state index in [9.17, 15) is 13.2 Å². The molecule has 1 fully saturated rings. The van der Waals surface area contributed by atoms with Crippen molar-refractivity contribution in [2.24, 2.45) is 0 Å². The van der Waals surface area contributed by atoms with Crippen molar-refractivity contribution in [3.8, 4) is 5.75 Å². The lowest BCUT2D eigenvalue weighted by molar-refractivity contribution is 0.0917. The first kappa shape index (κ1) is 23.7. The first-order chi connectivity index (χ1) is 15.8. The van der Waals surface area contributed by atoms with Gasteiger partial charge in [-0.15, -0.1) is 0 Å². The third-order valence-corrected chi connectivity index (χ3v) is 8.82. The van der Waals surface area contributed by atoms with Gasteiger partial charge in [0.05, 0.1) is 34.1 Å². The molecule has 7 nitrogen and oxygen atoms in total. The summed E-state index contributed by atoms with van der Waals surface area (Å²) >= 11 is 1.43. The average Bonchev–Trinajstić information content (AvgIpc) is 3.47. The van der Waals surface area contributed by atoms with Crippen molar-refractivity contribution in [3.05, 3.63) is 48.0 Å². The number of ether oxygens (including phenoxy) is 2. The van der Waals surface area contributed by atoms with Crippen LogP contribution in [-0.2, 0) is 14.6 Å². The van der Waals surface area contributed by atoms with Crippen LogP contribution in [0, 0.1) is 0 Å². The quantitative estimate of drug-likeness (QED) is 0.457. The summed E-state index contributed by atoms with van der Waals surface area (Å²) in [5.41, 5.74) is 1.13. The molecule has 1 aliphatic rings. The zero-order valence-electron chi connectivity index (χ0n) is 19.0. The molecule has 33 heavy (non-hydrogen) atoms. The molecule has 0 radical (unpaired) electrons. The molecule has 2 heterocycles. The van der Waals surface area contributed by atoms with Crippen LogP contribution in [0.5, 0.6) is 5.75 Å². The van der Waals surface area contributed by atoms with E-state index in [0.717, 1.165) is 23.1 Å². The molecule has 1 aliphatic heterocycles. The highest BCUT2D eigenvalue weighted by Gasteiger charge is 2.28. The van der Waals surface area contributed by atoms with Gasteiger partial charge in [0.15, 0.2) is 15.0 Å². The van der Waals surface area contributed by atoms with Crippen LogP contribution >= 0.6 is 11.3 Å². The van der Waals surface area contributed by atoms with Gasteiger partial charge in [0.25, 0.3) is 5.91 Å². The van der Waals surface area contributed by atoms with Gasteiger partial charge >= 0.3 is 0 Å². The van der Waals surface area contributed by atoms with Gasteiger partial charge in [-0.3, -0.25) is 9.69 Å². The van der Waals surface area contributed by atoms with Crippen molar-refractivity contribution in [3.63, 3.8) is 0 Å². The standard InChI is InChI=1S/C24H28N2O5S2/c1-4-30-20-8-5-9-21-22(20)25-24(32-21)26(15-18-7-6-14-31-18)23(27)17-10-12-19(13-11-17)33(28,29)16(2)3/h5,8-13,16,18H,4,6-7,14-15H2,1-3H3. The Morgan fingerprint density at radius 1 is 1.24 bits per heavy atom. The molecule has 0 aliphatic carbocycles. The van der Waals surface area contributed by atoms with E-state index in [1.54, 1.807) is 30.9 Å². The monoisotopic (exact) mass is 488 g/mol. The maximum absolute atomic E-state index is 13.6. The highest BCUT2D eigenvalue weighted by molar-refractivity contribution is 7.92. The molecular formula is C24H28N2O5S2. The lowest BCUT2D eigenvalue weighted by atomic mass is 10.2. The Balaban J connectivity index is 1.69. The topological polar surface area (TPSA) is 85.8 Å². The number of benzene rings is 2. The summed E-state index contributed by atoms with van der Waals surface area (Å²) < 4.78 is 37.3. The van der Waals surface area contributed by atoms with Crippen LogP contribution in [-0.4, -0.2) is 50.4 Å². The smallest absolute Gasteiger partial charge is 0.260 e. The summed E-state index contributed by atoms with van der Waals surface area (Å²) in [5, 5.41) is 0.0360. The van der Waals surface area contributed by atoms with E-state index in [4.69, 9.17) is 14.5 Å². The Hall–Kier alpha value is -2.49. The van der Waals surface area contributed by atoms with Crippen molar-refractivity contribution in [1.82, 2.24) is 4.98 Å². The third-order valence-electron chi connectivity index (χ3n) is 5.61. The number of thiazole rings is 1. The molecule has 1 saturated heterocycles. The van der Waals surface area contributed by atoms with Gasteiger partial charge in [-0.1, -0.05) is 17.4 Å². The number of fused-ring (bicyclic) bond motifs is 1. The van der Waals surface area contributed by atoms with E-state index in [2.05, 4.69) is 0 Å². The van der Waals surface area contributed by atoms with E-state index in [-0.39, 0.29) is 16.9 Å². The molecule has 2 aromatic carbocycles. The second-order valence-electron chi connectivity index (χ2n) is 8.20. The van der Waals surface area contributed by atoms with Crippen LogP contribution in [0.3, 0.4) is 0 Å². The van der Waals surface area contributed by atoms with E-state index in [1.807, 2.05) is 25.1 Å². The molecule has 1 atom stereocenters. The van der Waals surface area contributed by atoms with Gasteiger partial charge in [0.2, 0.25) is 0 Å². The van der Waals surface area contributed by atoms with Crippen LogP contribution in [0.15, 0.2) is 47.4 Å². The number of rotatable bonds is 8. The number of nitrogens with zero attached hydrogens (tertiary/aromatic N) is 2. The summed E-state index contributed by atoms with van der Waals surface area (Å²) in [7, 11) is -3.41. The molecule has 1 unspecified atom stereocenters. The maximum atomic E-state index is 13.6. The number of carbonyl (C=O) groups is 1. The number of hydrogen-bond acceptors (Lipinski definition) is 7. The van der Waals surface area contributed by atoms with E-state index in [0.29, 0.717) is 36.2 Å². The molecule has 1 amide bonds. The van der Waals surface area contributed by atoms with Gasteiger partial charge in [-0.05, 0) is 70.0 Å². The molecule has 0 saturated carbocycles. The summed E-state index contributed by atoms with van der Waals surface area (Å²) in [6.45, 7) is 6.79. The summed E-state index contributed by atoms with van der Waals surface area (Å²) in [4.78, 5) is 20.2. The van der Waals surface area contributed by atoms with E-state index in [1.165, 1.54) is 23.5 Å². The molecule has 3 aromatic rings. The summed E-state index contributed by atoms with van der Waals surface area (Å²) in [6.07, 6.45) is 1.78. The predicted molar refractivity (Wildman–Crippen MR) is 130 cm³/mol. The third kappa shape index (κ3) is 4.90. The summed E-state index contributed by atoms with van der Waals surface area (Å²) in [6, 6.07) is 11.9. The predicted octanol–water partition coefficient (Wildman–Crippen LogP) is 4.70. The minimum atomic E-state index is -3.41. The van der Waals surface area contributed by atoms with Crippen molar-refractivity contribution >= 4 is 42.4 Å². The fourth-order valence-corrected chi connectivity index (χ4v) is 5.80. The van der Waals surface area contributed by atoms with Crippen LogP contribution < -0.4 is 9.64 Å². The van der Waals surface area contributed by atoms with Gasteiger partial charge in [0, 0.05) is 12.2 Å². The van der Waals surface area contributed by atoms with Crippen LogP contribution in [0.1, 0.15) is 44.0 Å². The molecule has 0 spiro atoms. The average molecular weight is 489 g/mol. The maximum Gasteiger partial charge on any atom is 0.260 e. The largest absolute Gasteiger partial charge is 0.492 e. The van der Waals surface area contributed by atoms with Gasteiger partial charge in [0.1, 0.15) is 11.3 Å². The van der Waals surface area contributed by atoms with Gasteiger partial charge in [-0.25, -0.2) is 13.4 Å². The molecule has 9 heteroatoms. The van der Waals surface area contributed by atoms with Gasteiger partial charge in [-0.2, -0.15) is 0 Å². The first-order valence-corrected chi connectivity index (χ1v) is 13.5. The second kappa shape index (κ2) is 9.79. The Kier molecular flexibility index (Phi) is 7.02. The molecule has 176 valence electrons. The molecule has 4 rings (SSSR count). The number of sulfone groups is 1. The van der Waals surface area contributed by atoms with Crippen molar-refractivity contribution < 1.29 is 22.7 Å². The first-order valence-electron chi connectivity index (χ1n) is 11.1. The molecule has 0 N–H and O–H groups in total. The van der Waals surface area contributed by atoms with Crippen molar-refractivity contribution in [2.45, 2.75) is 49.9 Å². The fraction of sp³-hybridized carbons (Fsp3) is 0.417. The number of anilines is 1. The zero-order chi connectivity index (χ0) is 23.6. The Morgan fingerprint density at radius 2 is 2.00 bits per heavy atom. The highest BCUT2D eigenvalue weighted by atomic mass is 32.2. The van der Waals surface area contributed by atoms with Crippen LogP contribution in [0.2, 0.25) is 0 Å². The lowest BCUT2D eigenvalue weighted by Crippen LogP contribution is -2.37. The fourth-order valence-electron chi connectivity index (χ4n) is 3.75. The minimum absolute atomic E-state index is 0.0621. The van der Waals surface area contributed by atoms with E-state index < -0.39 is 15.1 Å². The Bertz CT molecular complexity index is 1230. The van der Waals surface area contributed by atoms with Crippen LogP contribution in [0.25, 0.3) is 10.2 Å². The second-order valence-corrected chi connectivity index (χ2v) is 11.7. The molecule has 0 bridgehead atoms.